The second-order valence-electron chi connectivity index (χ2n) is 4.37. The van der Waals surface area contributed by atoms with Gasteiger partial charge in [-0.05, 0) is 18.9 Å². The van der Waals surface area contributed by atoms with Gasteiger partial charge in [-0.15, -0.1) is 10.2 Å². The zero-order valence-corrected chi connectivity index (χ0v) is 9.47. The van der Waals surface area contributed by atoms with Crippen LogP contribution in [0.25, 0.3) is 0 Å². The van der Waals surface area contributed by atoms with E-state index in [0.717, 1.165) is 18.8 Å². The van der Waals surface area contributed by atoms with Crippen molar-refractivity contribution in [3.05, 3.63) is 11.6 Å². The summed E-state index contributed by atoms with van der Waals surface area (Å²) in [6.07, 6.45) is 0.897. The third-order valence-corrected chi connectivity index (χ3v) is 2.84. The van der Waals surface area contributed by atoms with Gasteiger partial charge in [0.1, 0.15) is 0 Å². The lowest BCUT2D eigenvalue weighted by atomic mass is 10.0. The van der Waals surface area contributed by atoms with E-state index in [1.54, 1.807) is 4.57 Å². The number of nitrogens with one attached hydrogen (secondary N) is 1. The van der Waals surface area contributed by atoms with Crippen LogP contribution in [0.1, 0.15) is 42.8 Å². The lowest BCUT2D eigenvalue weighted by Crippen LogP contribution is -2.26. The van der Waals surface area contributed by atoms with Crippen LogP contribution < -0.4 is 5.32 Å². The zero-order chi connectivity index (χ0) is 11.7. The number of nitrogens with zero attached hydrogens (tertiary/aromatic N) is 3. The topological polar surface area (TPSA) is 80.0 Å². The lowest BCUT2D eigenvalue weighted by Gasteiger charge is -2.18. The summed E-state index contributed by atoms with van der Waals surface area (Å²) in [5.41, 5.74) is 0. The van der Waals surface area contributed by atoms with Crippen molar-refractivity contribution in [1.82, 2.24) is 20.1 Å². The SMILES string of the molecule is CC(C)C1NCCCn2c(C(=O)O)nnc21. The van der Waals surface area contributed by atoms with Crippen LogP contribution in [0.15, 0.2) is 0 Å². The highest BCUT2D eigenvalue weighted by molar-refractivity contribution is 5.83. The Morgan fingerprint density at radius 3 is 2.94 bits per heavy atom. The van der Waals surface area contributed by atoms with Gasteiger partial charge in [0.05, 0.1) is 6.04 Å². The third-order valence-electron chi connectivity index (χ3n) is 2.84. The molecule has 0 fully saturated rings. The Balaban J connectivity index is 2.43. The highest BCUT2D eigenvalue weighted by atomic mass is 16.4. The smallest absolute Gasteiger partial charge is 0.374 e. The summed E-state index contributed by atoms with van der Waals surface area (Å²) in [6.45, 7) is 5.72. The predicted molar refractivity (Wildman–Crippen MR) is 57.2 cm³/mol. The van der Waals surface area contributed by atoms with E-state index >= 15 is 0 Å². The number of aromatic carboxylic acids is 1. The van der Waals surface area contributed by atoms with Crippen molar-refractivity contribution in [2.45, 2.75) is 32.9 Å². The molecule has 6 nitrogen and oxygen atoms in total. The van der Waals surface area contributed by atoms with E-state index in [-0.39, 0.29) is 11.9 Å². The van der Waals surface area contributed by atoms with Crippen molar-refractivity contribution in [2.75, 3.05) is 6.54 Å². The van der Waals surface area contributed by atoms with E-state index in [0.29, 0.717) is 12.5 Å². The van der Waals surface area contributed by atoms with E-state index in [9.17, 15) is 4.79 Å². The maximum Gasteiger partial charge on any atom is 0.374 e. The molecular weight excluding hydrogens is 208 g/mol. The molecule has 0 saturated carbocycles. The zero-order valence-electron chi connectivity index (χ0n) is 9.47. The Labute approximate surface area is 93.7 Å². The van der Waals surface area contributed by atoms with E-state index in [1.165, 1.54) is 0 Å². The Kier molecular flexibility index (Phi) is 2.91. The average molecular weight is 224 g/mol. The number of carboxylic acid groups (broad SMARTS) is 1. The molecule has 2 rings (SSSR count). The fraction of sp³-hybridized carbons (Fsp3) is 0.700. The number of hydrogen-bond acceptors (Lipinski definition) is 4. The maximum atomic E-state index is 11.0. The highest BCUT2D eigenvalue weighted by Crippen LogP contribution is 2.23. The number of carbonyl (C=O) groups is 1. The Morgan fingerprint density at radius 1 is 1.56 bits per heavy atom. The van der Waals surface area contributed by atoms with Gasteiger partial charge in [-0.3, -0.25) is 0 Å². The number of aromatic nitrogens is 3. The average Bonchev–Trinajstić information content (AvgIpc) is 2.51. The van der Waals surface area contributed by atoms with E-state index in [1.807, 2.05) is 0 Å². The molecule has 2 heterocycles. The van der Waals surface area contributed by atoms with E-state index < -0.39 is 5.97 Å². The summed E-state index contributed by atoms with van der Waals surface area (Å²) >= 11 is 0. The van der Waals surface area contributed by atoms with Gasteiger partial charge in [-0.2, -0.15) is 0 Å². The lowest BCUT2D eigenvalue weighted by molar-refractivity contribution is 0.0677. The first-order valence-electron chi connectivity index (χ1n) is 5.51. The van der Waals surface area contributed by atoms with Gasteiger partial charge in [0.25, 0.3) is 0 Å². The second kappa shape index (κ2) is 4.21. The number of fused-ring (bicyclic) bond motifs is 1. The number of hydrogen-bond donors (Lipinski definition) is 2. The second-order valence-corrected chi connectivity index (χ2v) is 4.37. The molecule has 6 heteroatoms. The molecule has 1 aromatic rings. The minimum absolute atomic E-state index is 0.0457. The molecule has 0 radical (unpaired) electrons. The van der Waals surface area contributed by atoms with Gasteiger partial charge in [-0.1, -0.05) is 13.8 Å². The standard InChI is InChI=1S/C10H16N4O2/c1-6(2)7-8-12-13-9(10(15)16)14(8)5-3-4-11-7/h6-7,11H,3-5H2,1-2H3,(H,15,16). The molecule has 0 aliphatic carbocycles. The van der Waals surface area contributed by atoms with Crippen LogP contribution in [-0.2, 0) is 6.54 Å². The molecule has 1 atom stereocenters. The molecule has 1 unspecified atom stereocenters. The van der Waals surface area contributed by atoms with Crippen LogP contribution in [-0.4, -0.2) is 32.4 Å². The maximum absolute atomic E-state index is 11.0. The third kappa shape index (κ3) is 1.80. The van der Waals surface area contributed by atoms with E-state index in [4.69, 9.17) is 5.11 Å². The van der Waals surface area contributed by atoms with E-state index in [2.05, 4.69) is 29.4 Å². The van der Waals surface area contributed by atoms with Crippen molar-refractivity contribution >= 4 is 5.97 Å². The van der Waals surface area contributed by atoms with Crippen LogP contribution in [0.4, 0.5) is 0 Å². The molecule has 0 amide bonds. The first-order valence-corrected chi connectivity index (χ1v) is 5.51. The van der Waals surface area contributed by atoms with Crippen molar-refractivity contribution in [3.8, 4) is 0 Å². The molecule has 16 heavy (non-hydrogen) atoms. The molecule has 1 aliphatic rings. The van der Waals surface area contributed by atoms with Crippen molar-refractivity contribution in [1.29, 1.82) is 0 Å². The number of rotatable bonds is 2. The van der Waals surface area contributed by atoms with Crippen LogP contribution in [0.2, 0.25) is 0 Å². The summed E-state index contributed by atoms with van der Waals surface area (Å²) in [5, 5.41) is 20.1. The largest absolute Gasteiger partial charge is 0.475 e. The molecule has 0 aromatic carbocycles. The van der Waals surface area contributed by atoms with Gasteiger partial charge in [0.15, 0.2) is 5.82 Å². The van der Waals surface area contributed by atoms with Crippen molar-refractivity contribution in [2.24, 2.45) is 5.92 Å². The van der Waals surface area contributed by atoms with Crippen LogP contribution in [0.5, 0.6) is 0 Å². The van der Waals surface area contributed by atoms with Crippen molar-refractivity contribution < 1.29 is 9.90 Å². The molecule has 0 saturated heterocycles. The molecule has 0 bridgehead atoms. The fourth-order valence-corrected chi connectivity index (χ4v) is 2.04. The van der Waals surface area contributed by atoms with Gasteiger partial charge in [0, 0.05) is 6.54 Å². The monoisotopic (exact) mass is 224 g/mol. The van der Waals surface area contributed by atoms with Gasteiger partial charge in [0.2, 0.25) is 5.82 Å². The predicted octanol–water partition coefficient (Wildman–Crippen LogP) is 0.667. The van der Waals surface area contributed by atoms with Crippen LogP contribution in [0.3, 0.4) is 0 Å². The van der Waals surface area contributed by atoms with Gasteiger partial charge in [-0.25, -0.2) is 4.79 Å². The molecule has 88 valence electrons. The molecular formula is C10H16N4O2. The number of carboxylic acids is 1. The highest BCUT2D eigenvalue weighted by Gasteiger charge is 2.27. The quantitative estimate of drug-likeness (QED) is 0.771. The Bertz CT molecular complexity index is 400. The first-order chi connectivity index (χ1) is 7.61. The van der Waals surface area contributed by atoms with Gasteiger partial charge >= 0.3 is 5.97 Å². The summed E-state index contributed by atoms with van der Waals surface area (Å²) in [6, 6.07) is 0.0862. The first kappa shape index (κ1) is 11.1. The fourth-order valence-electron chi connectivity index (χ4n) is 2.04. The van der Waals surface area contributed by atoms with Crippen LogP contribution in [0, 0.1) is 5.92 Å². The van der Waals surface area contributed by atoms with Gasteiger partial charge < -0.3 is 15.0 Å². The molecule has 1 aromatic heterocycles. The molecule has 2 N–H and O–H groups in total. The van der Waals surface area contributed by atoms with Crippen LogP contribution >= 0.6 is 0 Å². The summed E-state index contributed by atoms with van der Waals surface area (Å²) in [7, 11) is 0. The summed E-state index contributed by atoms with van der Waals surface area (Å²) in [4.78, 5) is 11.0. The minimum atomic E-state index is -1.01. The summed E-state index contributed by atoms with van der Waals surface area (Å²) in [5.74, 6) is 0.139. The Hall–Kier alpha value is -1.43. The molecule has 0 spiro atoms. The minimum Gasteiger partial charge on any atom is -0.475 e. The Morgan fingerprint density at radius 2 is 2.31 bits per heavy atom. The normalized spacial score (nSPS) is 20.6. The molecule has 1 aliphatic heterocycles. The van der Waals surface area contributed by atoms with Crippen molar-refractivity contribution in [3.63, 3.8) is 0 Å². The summed E-state index contributed by atoms with van der Waals surface area (Å²) < 4.78 is 1.72.